The summed E-state index contributed by atoms with van der Waals surface area (Å²) in [6, 6.07) is 0. The second kappa shape index (κ2) is 6.71. The van der Waals surface area contributed by atoms with Crippen LogP contribution in [0.3, 0.4) is 0 Å². The smallest absolute Gasteiger partial charge is 0.161 e. The molecule has 10 atom stereocenters. The van der Waals surface area contributed by atoms with Crippen molar-refractivity contribution in [2.24, 2.45) is 58.7 Å². The average Bonchev–Trinajstić information content (AvgIpc) is 2.88. The molecular formula is C25H40O2. The molecule has 0 aromatic heterocycles. The number of hydrogen-bond acceptors (Lipinski definition) is 2. The first-order chi connectivity index (χ1) is 12.7. The molecule has 0 spiro atoms. The summed E-state index contributed by atoms with van der Waals surface area (Å²) < 4.78 is 0. The number of allylic oxidation sites excluding steroid dienone is 1. The summed E-state index contributed by atoms with van der Waals surface area (Å²) in [6.45, 7) is 14.5. The maximum absolute atomic E-state index is 12.7. The predicted molar refractivity (Wildman–Crippen MR) is 110 cm³/mol. The number of fused-ring (bicyclic) bond motifs is 5. The van der Waals surface area contributed by atoms with Gasteiger partial charge in [0.25, 0.3) is 0 Å². The predicted octanol–water partition coefficient (Wildman–Crippen LogP) is 5.50. The van der Waals surface area contributed by atoms with E-state index in [9.17, 15) is 9.90 Å². The molecule has 0 heterocycles. The molecule has 4 aliphatic carbocycles. The number of carbonyl (C=O) groups excluding carboxylic acids is 1. The molecule has 2 nitrogen and oxygen atoms in total. The van der Waals surface area contributed by atoms with E-state index in [4.69, 9.17) is 0 Å². The van der Waals surface area contributed by atoms with Crippen LogP contribution in [0, 0.1) is 58.7 Å². The zero-order valence-electron chi connectivity index (χ0n) is 18.3. The Hall–Kier alpha value is -0.630. The van der Waals surface area contributed by atoms with Crippen molar-refractivity contribution < 1.29 is 9.90 Å². The molecule has 4 aliphatic rings. The zero-order chi connectivity index (χ0) is 19.7. The second-order valence-electron chi connectivity index (χ2n) is 11.1. The van der Waals surface area contributed by atoms with Crippen molar-refractivity contribution >= 4 is 5.78 Å². The number of aliphatic hydroxyl groups is 1. The molecule has 0 aromatic rings. The van der Waals surface area contributed by atoms with Gasteiger partial charge in [-0.25, -0.2) is 0 Å². The van der Waals surface area contributed by atoms with Gasteiger partial charge in [-0.2, -0.15) is 0 Å². The van der Waals surface area contributed by atoms with Gasteiger partial charge >= 0.3 is 0 Å². The monoisotopic (exact) mass is 372 g/mol. The number of Topliss-reactive ketones (excluding diaryl/α,β-unsaturated/α-hetero) is 1. The van der Waals surface area contributed by atoms with Gasteiger partial charge in [0.2, 0.25) is 0 Å². The molecule has 3 saturated carbocycles. The lowest BCUT2D eigenvalue weighted by Gasteiger charge is -2.58. The highest BCUT2D eigenvalue weighted by Crippen LogP contribution is 2.67. The molecule has 9 unspecified atom stereocenters. The Morgan fingerprint density at radius 1 is 1.15 bits per heavy atom. The Kier molecular flexibility index (Phi) is 4.89. The van der Waals surface area contributed by atoms with Gasteiger partial charge in [-0.05, 0) is 97.4 Å². The molecule has 0 saturated heterocycles. The number of aliphatic hydroxyl groups excluding tert-OH is 1. The topological polar surface area (TPSA) is 37.3 Å². The molecular weight excluding hydrogens is 332 g/mol. The van der Waals surface area contributed by atoms with E-state index in [-0.39, 0.29) is 5.92 Å². The van der Waals surface area contributed by atoms with Crippen LogP contribution in [0.1, 0.15) is 73.6 Å². The maximum Gasteiger partial charge on any atom is 0.161 e. The van der Waals surface area contributed by atoms with Gasteiger partial charge in [0.1, 0.15) is 0 Å². The summed E-state index contributed by atoms with van der Waals surface area (Å²) in [5, 5.41) is 9.68. The highest BCUT2D eigenvalue weighted by atomic mass is 16.3. The van der Waals surface area contributed by atoms with Crippen LogP contribution in [0.4, 0.5) is 0 Å². The lowest BCUT2D eigenvalue weighted by atomic mass is 9.46. The number of ketones is 1. The molecule has 0 bridgehead atoms. The Morgan fingerprint density at radius 3 is 2.52 bits per heavy atom. The number of hydrogen-bond donors (Lipinski definition) is 1. The SMILES string of the molecule is CC1=C2CCC3C(C(C)CC4(C)C3CC(C)[C@@H]4CCO)C2C(C)C(C)C1=O. The summed E-state index contributed by atoms with van der Waals surface area (Å²) in [5.41, 5.74) is 3.04. The van der Waals surface area contributed by atoms with E-state index in [1.165, 1.54) is 24.8 Å². The first-order valence-electron chi connectivity index (χ1n) is 11.6. The van der Waals surface area contributed by atoms with Crippen LogP contribution in [0.2, 0.25) is 0 Å². The van der Waals surface area contributed by atoms with Crippen LogP contribution in [-0.2, 0) is 4.79 Å². The van der Waals surface area contributed by atoms with Crippen molar-refractivity contribution in [3.05, 3.63) is 11.1 Å². The van der Waals surface area contributed by atoms with E-state index in [0.29, 0.717) is 35.6 Å². The third kappa shape index (κ3) is 2.65. The van der Waals surface area contributed by atoms with Gasteiger partial charge in [-0.15, -0.1) is 0 Å². The molecule has 0 radical (unpaired) electrons. The van der Waals surface area contributed by atoms with E-state index in [2.05, 4.69) is 41.5 Å². The van der Waals surface area contributed by atoms with Crippen molar-refractivity contribution in [2.45, 2.75) is 73.6 Å². The minimum Gasteiger partial charge on any atom is -0.396 e. The minimum atomic E-state index is 0.183. The first-order valence-corrected chi connectivity index (χ1v) is 11.6. The molecule has 3 fully saturated rings. The lowest BCUT2D eigenvalue weighted by molar-refractivity contribution is -0.124. The maximum atomic E-state index is 12.7. The van der Waals surface area contributed by atoms with Crippen LogP contribution < -0.4 is 0 Å². The fraction of sp³-hybridized carbons (Fsp3) is 0.880. The largest absolute Gasteiger partial charge is 0.396 e. The van der Waals surface area contributed by atoms with Gasteiger partial charge in [0, 0.05) is 12.5 Å². The minimum absolute atomic E-state index is 0.183. The Labute approximate surface area is 166 Å². The van der Waals surface area contributed by atoms with Crippen LogP contribution in [0.25, 0.3) is 0 Å². The van der Waals surface area contributed by atoms with Crippen molar-refractivity contribution in [1.29, 1.82) is 0 Å². The summed E-state index contributed by atoms with van der Waals surface area (Å²) in [4.78, 5) is 12.7. The lowest BCUT2D eigenvalue weighted by Crippen LogP contribution is -2.53. The van der Waals surface area contributed by atoms with Gasteiger partial charge in [-0.3, -0.25) is 4.79 Å². The normalized spacial score (nSPS) is 52.4. The van der Waals surface area contributed by atoms with E-state index in [0.717, 1.165) is 48.0 Å². The standard InChI is InChI=1S/C25H40O2/c1-13-11-21-19-8-7-18-17(5)24(27)16(4)15(3)23(18)22(19)14(2)12-25(21,6)20(13)9-10-26/h13-16,19-23,26H,7-12H2,1-6H3/t13?,14?,15?,16?,19?,20-,21?,22?,23?,25?/m0/s1. The molecule has 152 valence electrons. The Balaban J connectivity index is 1.72. The molecule has 2 heteroatoms. The highest BCUT2D eigenvalue weighted by Gasteiger charge is 2.61. The third-order valence-corrected chi connectivity index (χ3v) is 10.1. The van der Waals surface area contributed by atoms with Crippen molar-refractivity contribution in [3.63, 3.8) is 0 Å². The molecule has 0 amide bonds. The van der Waals surface area contributed by atoms with Gasteiger partial charge in [0.05, 0.1) is 0 Å². The van der Waals surface area contributed by atoms with Crippen molar-refractivity contribution in [1.82, 2.24) is 0 Å². The van der Waals surface area contributed by atoms with Crippen molar-refractivity contribution in [2.75, 3.05) is 6.61 Å². The van der Waals surface area contributed by atoms with E-state index in [1.807, 2.05) is 0 Å². The second-order valence-corrected chi connectivity index (χ2v) is 11.1. The highest BCUT2D eigenvalue weighted by molar-refractivity contribution is 5.98. The van der Waals surface area contributed by atoms with Crippen LogP contribution in [-0.4, -0.2) is 17.5 Å². The molecule has 1 N–H and O–H groups in total. The zero-order valence-corrected chi connectivity index (χ0v) is 18.3. The summed E-state index contributed by atoms with van der Waals surface area (Å²) in [6.07, 6.45) is 6.08. The van der Waals surface area contributed by atoms with Gasteiger partial charge in [0.15, 0.2) is 5.78 Å². The third-order valence-electron chi connectivity index (χ3n) is 10.1. The molecule has 0 aliphatic heterocycles. The van der Waals surface area contributed by atoms with Crippen LogP contribution in [0.15, 0.2) is 11.1 Å². The Bertz CT molecular complexity index is 649. The molecule has 4 rings (SSSR count). The Morgan fingerprint density at radius 2 is 1.85 bits per heavy atom. The summed E-state index contributed by atoms with van der Waals surface area (Å²) in [7, 11) is 0. The van der Waals surface area contributed by atoms with Crippen LogP contribution >= 0.6 is 0 Å². The number of carbonyl (C=O) groups is 1. The van der Waals surface area contributed by atoms with Gasteiger partial charge in [-0.1, -0.05) is 40.2 Å². The fourth-order valence-electron chi connectivity index (χ4n) is 8.89. The molecule has 0 aromatic carbocycles. The van der Waals surface area contributed by atoms with E-state index in [1.54, 1.807) is 0 Å². The fourth-order valence-corrected chi connectivity index (χ4v) is 8.89. The first kappa shape index (κ1) is 19.7. The van der Waals surface area contributed by atoms with E-state index < -0.39 is 0 Å². The molecule has 27 heavy (non-hydrogen) atoms. The van der Waals surface area contributed by atoms with Crippen LogP contribution in [0.5, 0.6) is 0 Å². The van der Waals surface area contributed by atoms with Crippen molar-refractivity contribution in [3.8, 4) is 0 Å². The summed E-state index contributed by atoms with van der Waals surface area (Å²) in [5.74, 6) is 6.24. The van der Waals surface area contributed by atoms with Gasteiger partial charge < -0.3 is 5.11 Å². The van der Waals surface area contributed by atoms with E-state index >= 15 is 0 Å². The quantitative estimate of drug-likeness (QED) is 0.695. The summed E-state index contributed by atoms with van der Waals surface area (Å²) >= 11 is 0. The average molecular weight is 373 g/mol. The number of rotatable bonds is 2.